The summed E-state index contributed by atoms with van der Waals surface area (Å²) in [6, 6.07) is 18.5. The van der Waals surface area contributed by atoms with Crippen molar-refractivity contribution >= 4 is 23.2 Å². The SMILES string of the molecule is CN1C=CN(Cc2ccc(C(=O)Nc3ccc(Cl)c(-c4ccccn4)c3)cc2)N1. The molecule has 2 N–H and O–H groups in total. The van der Waals surface area contributed by atoms with Gasteiger partial charge in [0.15, 0.2) is 0 Å². The van der Waals surface area contributed by atoms with E-state index in [0.717, 1.165) is 16.8 Å². The lowest BCUT2D eigenvalue weighted by Crippen LogP contribution is -2.36. The summed E-state index contributed by atoms with van der Waals surface area (Å²) in [7, 11) is 1.93. The lowest BCUT2D eigenvalue weighted by Gasteiger charge is -2.19. The fraction of sp³-hybridized carbons (Fsp3) is 0.0909. The van der Waals surface area contributed by atoms with E-state index in [4.69, 9.17) is 11.6 Å². The minimum absolute atomic E-state index is 0.176. The van der Waals surface area contributed by atoms with E-state index in [9.17, 15) is 4.79 Å². The normalized spacial score (nSPS) is 13.0. The van der Waals surface area contributed by atoms with Gasteiger partial charge in [-0.2, -0.15) is 0 Å². The van der Waals surface area contributed by atoms with E-state index >= 15 is 0 Å². The molecule has 0 radical (unpaired) electrons. The Morgan fingerprint density at radius 1 is 1.10 bits per heavy atom. The van der Waals surface area contributed by atoms with Crippen LogP contribution >= 0.6 is 11.6 Å². The second-order valence-corrected chi connectivity index (χ2v) is 7.10. The van der Waals surface area contributed by atoms with Crippen molar-refractivity contribution in [3.05, 3.63) is 95.4 Å². The third kappa shape index (κ3) is 4.56. The third-order valence-corrected chi connectivity index (χ3v) is 4.82. The van der Waals surface area contributed by atoms with Crippen LogP contribution in [-0.4, -0.2) is 28.0 Å². The molecule has 4 rings (SSSR count). The molecule has 0 saturated carbocycles. The maximum Gasteiger partial charge on any atom is 0.255 e. The first-order chi connectivity index (χ1) is 14.1. The van der Waals surface area contributed by atoms with Crippen molar-refractivity contribution < 1.29 is 4.79 Å². The molecule has 0 spiro atoms. The van der Waals surface area contributed by atoms with Gasteiger partial charge in [-0.3, -0.25) is 19.8 Å². The Morgan fingerprint density at radius 2 is 1.93 bits per heavy atom. The smallest absolute Gasteiger partial charge is 0.255 e. The van der Waals surface area contributed by atoms with Crippen molar-refractivity contribution in [3.8, 4) is 11.3 Å². The van der Waals surface area contributed by atoms with E-state index in [1.807, 2.05) is 78.0 Å². The first-order valence-electron chi connectivity index (χ1n) is 9.14. The van der Waals surface area contributed by atoms with Crippen LogP contribution in [0.15, 0.2) is 79.3 Å². The summed E-state index contributed by atoms with van der Waals surface area (Å²) in [5.74, 6) is -0.176. The number of rotatable bonds is 5. The maximum atomic E-state index is 12.6. The second kappa shape index (κ2) is 8.34. The van der Waals surface area contributed by atoms with E-state index in [0.29, 0.717) is 22.8 Å². The first-order valence-corrected chi connectivity index (χ1v) is 9.51. The average Bonchev–Trinajstić information content (AvgIpc) is 3.15. The Kier molecular flexibility index (Phi) is 5.46. The van der Waals surface area contributed by atoms with Gasteiger partial charge >= 0.3 is 0 Å². The van der Waals surface area contributed by atoms with Gasteiger partial charge < -0.3 is 5.32 Å². The number of anilines is 1. The summed E-state index contributed by atoms with van der Waals surface area (Å²) < 4.78 is 0. The van der Waals surface area contributed by atoms with Crippen molar-refractivity contribution in [2.45, 2.75) is 6.54 Å². The zero-order valence-electron chi connectivity index (χ0n) is 15.8. The van der Waals surface area contributed by atoms with Crippen LogP contribution in [0.4, 0.5) is 5.69 Å². The van der Waals surface area contributed by atoms with Gasteiger partial charge in [-0.25, -0.2) is 0 Å². The quantitative estimate of drug-likeness (QED) is 0.663. The highest BCUT2D eigenvalue weighted by Gasteiger charge is 2.11. The molecule has 0 bridgehead atoms. The molecule has 0 unspecified atom stereocenters. The van der Waals surface area contributed by atoms with Gasteiger partial charge in [-0.05, 0) is 48.0 Å². The molecule has 0 fully saturated rings. The molecule has 1 amide bonds. The molecule has 0 aliphatic carbocycles. The van der Waals surface area contributed by atoms with Crippen molar-refractivity contribution in [2.75, 3.05) is 12.4 Å². The van der Waals surface area contributed by atoms with E-state index in [1.165, 1.54) is 0 Å². The Hall–Kier alpha value is -3.35. The van der Waals surface area contributed by atoms with Gasteiger partial charge in [0.1, 0.15) is 0 Å². The number of hydrazine groups is 2. The van der Waals surface area contributed by atoms with Gasteiger partial charge in [-0.1, -0.05) is 29.8 Å². The lowest BCUT2D eigenvalue weighted by atomic mass is 10.1. The number of hydrogen-bond acceptors (Lipinski definition) is 5. The van der Waals surface area contributed by atoms with E-state index in [-0.39, 0.29) is 5.91 Å². The number of carbonyl (C=O) groups excluding carboxylic acids is 1. The molecular weight excluding hydrogens is 386 g/mol. The van der Waals surface area contributed by atoms with Gasteiger partial charge in [0.2, 0.25) is 0 Å². The number of pyridine rings is 1. The van der Waals surface area contributed by atoms with Crippen LogP contribution in [0.5, 0.6) is 0 Å². The minimum Gasteiger partial charge on any atom is -0.322 e. The van der Waals surface area contributed by atoms with Gasteiger partial charge in [-0.15, -0.1) is 5.53 Å². The molecule has 0 saturated heterocycles. The Labute approximate surface area is 174 Å². The highest BCUT2D eigenvalue weighted by Crippen LogP contribution is 2.29. The first kappa shape index (κ1) is 19.0. The molecule has 3 aromatic rings. The number of nitrogens with one attached hydrogen (secondary N) is 2. The molecule has 146 valence electrons. The number of carbonyl (C=O) groups is 1. The van der Waals surface area contributed by atoms with Gasteiger partial charge in [0.25, 0.3) is 5.91 Å². The molecule has 1 aromatic heterocycles. The minimum atomic E-state index is -0.176. The Bertz CT molecular complexity index is 1040. The molecule has 6 nitrogen and oxygen atoms in total. The van der Waals surface area contributed by atoms with Crippen LogP contribution < -0.4 is 10.9 Å². The molecule has 2 heterocycles. The molecule has 0 atom stereocenters. The average molecular weight is 406 g/mol. The van der Waals surface area contributed by atoms with Crippen LogP contribution in [0.3, 0.4) is 0 Å². The summed E-state index contributed by atoms with van der Waals surface area (Å²) >= 11 is 6.31. The van der Waals surface area contributed by atoms with Crippen LogP contribution in [0.25, 0.3) is 11.3 Å². The number of benzene rings is 2. The molecule has 7 heteroatoms. The largest absolute Gasteiger partial charge is 0.322 e. The molecule has 1 aliphatic heterocycles. The van der Waals surface area contributed by atoms with Crippen LogP contribution in [0.2, 0.25) is 5.02 Å². The number of halogens is 1. The molecule has 1 aliphatic rings. The van der Waals surface area contributed by atoms with E-state index in [1.54, 1.807) is 18.3 Å². The monoisotopic (exact) mass is 405 g/mol. The third-order valence-electron chi connectivity index (χ3n) is 4.49. The lowest BCUT2D eigenvalue weighted by molar-refractivity contribution is 0.102. The maximum absolute atomic E-state index is 12.6. The van der Waals surface area contributed by atoms with Gasteiger partial charge in [0, 0.05) is 42.5 Å². The van der Waals surface area contributed by atoms with Crippen LogP contribution in [0, 0.1) is 0 Å². The number of amides is 1. The summed E-state index contributed by atoms with van der Waals surface area (Å²) in [4.78, 5) is 17.0. The zero-order chi connectivity index (χ0) is 20.2. The van der Waals surface area contributed by atoms with Crippen molar-refractivity contribution in [1.29, 1.82) is 0 Å². The highest BCUT2D eigenvalue weighted by atomic mass is 35.5. The van der Waals surface area contributed by atoms with Crippen molar-refractivity contribution in [3.63, 3.8) is 0 Å². The van der Waals surface area contributed by atoms with Gasteiger partial charge in [0.05, 0.1) is 17.3 Å². The van der Waals surface area contributed by atoms with Crippen LogP contribution in [-0.2, 0) is 6.54 Å². The van der Waals surface area contributed by atoms with E-state index < -0.39 is 0 Å². The highest BCUT2D eigenvalue weighted by molar-refractivity contribution is 6.33. The summed E-state index contributed by atoms with van der Waals surface area (Å²) in [5, 5.41) is 7.34. The van der Waals surface area contributed by atoms with E-state index in [2.05, 4.69) is 15.8 Å². The summed E-state index contributed by atoms with van der Waals surface area (Å²) in [5.41, 5.74) is 7.04. The fourth-order valence-corrected chi connectivity index (χ4v) is 3.24. The molecule has 2 aromatic carbocycles. The van der Waals surface area contributed by atoms with Crippen LogP contribution in [0.1, 0.15) is 15.9 Å². The Morgan fingerprint density at radius 3 is 2.62 bits per heavy atom. The standard InChI is InChI=1S/C22H20ClN5O/c1-27-12-13-28(26-27)15-16-5-7-17(8-6-16)22(29)25-18-9-10-20(23)19(14-18)21-4-2-3-11-24-21/h2-14,26H,15H2,1H3,(H,25,29). The summed E-state index contributed by atoms with van der Waals surface area (Å²) in [6.07, 6.45) is 5.61. The number of aromatic nitrogens is 1. The second-order valence-electron chi connectivity index (χ2n) is 6.70. The molecular formula is C22H20ClN5O. The predicted molar refractivity (Wildman–Crippen MR) is 115 cm³/mol. The number of nitrogens with zero attached hydrogens (tertiary/aromatic N) is 3. The van der Waals surface area contributed by atoms with Crippen molar-refractivity contribution in [2.24, 2.45) is 0 Å². The molecule has 29 heavy (non-hydrogen) atoms. The summed E-state index contributed by atoms with van der Waals surface area (Å²) in [6.45, 7) is 0.702. The number of hydrogen-bond donors (Lipinski definition) is 2. The van der Waals surface area contributed by atoms with Crippen molar-refractivity contribution in [1.82, 2.24) is 20.5 Å². The Balaban J connectivity index is 1.45. The zero-order valence-corrected chi connectivity index (χ0v) is 16.6. The predicted octanol–water partition coefficient (Wildman–Crippen LogP) is 4.29. The topological polar surface area (TPSA) is 60.5 Å². The fourth-order valence-electron chi connectivity index (χ4n) is 3.02.